The van der Waals surface area contributed by atoms with Crippen molar-refractivity contribution in [1.29, 1.82) is 0 Å². The maximum Gasteiger partial charge on any atom is 0.273 e. The van der Waals surface area contributed by atoms with Gasteiger partial charge in [0, 0.05) is 24.5 Å². The molecule has 0 bridgehead atoms. The van der Waals surface area contributed by atoms with Crippen molar-refractivity contribution in [2.75, 3.05) is 13.1 Å². The van der Waals surface area contributed by atoms with Gasteiger partial charge in [0.25, 0.3) is 5.91 Å². The predicted octanol–water partition coefficient (Wildman–Crippen LogP) is 3.91. The number of thiazole rings is 1. The van der Waals surface area contributed by atoms with Gasteiger partial charge in [0.1, 0.15) is 17.3 Å². The van der Waals surface area contributed by atoms with Crippen LogP contribution in [0, 0.1) is 17.6 Å². The van der Waals surface area contributed by atoms with Crippen LogP contribution < -0.4 is 0 Å². The Morgan fingerprint density at radius 2 is 2.26 bits per heavy atom. The number of nitrogens with zero attached hydrogens (tertiary/aromatic N) is 2. The Labute approximate surface area is 138 Å². The van der Waals surface area contributed by atoms with E-state index in [2.05, 4.69) is 4.98 Å². The number of piperidine rings is 1. The summed E-state index contributed by atoms with van der Waals surface area (Å²) in [5.74, 6) is -0.722. The summed E-state index contributed by atoms with van der Waals surface area (Å²) in [4.78, 5) is 18.3. The molecule has 1 amide bonds. The van der Waals surface area contributed by atoms with E-state index >= 15 is 0 Å². The zero-order valence-corrected chi connectivity index (χ0v) is 13.5. The summed E-state index contributed by atoms with van der Waals surface area (Å²) >= 11 is 1.41. The van der Waals surface area contributed by atoms with Gasteiger partial charge < -0.3 is 4.90 Å². The molecule has 1 aliphatic heterocycles. The summed E-state index contributed by atoms with van der Waals surface area (Å²) in [6.07, 6.45) is 3.34. The van der Waals surface area contributed by atoms with Gasteiger partial charge in [-0.2, -0.15) is 0 Å². The van der Waals surface area contributed by atoms with Crippen molar-refractivity contribution in [3.05, 3.63) is 52.0 Å². The summed E-state index contributed by atoms with van der Waals surface area (Å²) in [6.45, 7) is 1.43. The standard InChI is InChI=1S/C17H18F2N2OS/c18-14-6-5-13(15(19)8-14)4-3-12-2-1-7-21(9-12)17(22)16-10-23-11-20-16/h5-6,8,10-12H,1-4,7,9H2/t12-/m0/s1. The highest BCUT2D eigenvalue weighted by atomic mass is 32.1. The monoisotopic (exact) mass is 336 g/mol. The van der Waals surface area contributed by atoms with E-state index in [9.17, 15) is 13.6 Å². The summed E-state index contributed by atoms with van der Waals surface area (Å²) in [5.41, 5.74) is 2.70. The second-order valence-electron chi connectivity index (χ2n) is 5.91. The molecule has 1 saturated heterocycles. The number of rotatable bonds is 4. The molecule has 23 heavy (non-hydrogen) atoms. The average Bonchev–Trinajstić information content (AvgIpc) is 3.08. The van der Waals surface area contributed by atoms with Crippen molar-refractivity contribution >= 4 is 17.2 Å². The molecule has 3 nitrogen and oxygen atoms in total. The maximum absolute atomic E-state index is 13.7. The fraction of sp³-hybridized carbons (Fsp3) is 0.412. The molecule has 1 aromatic heterocycles. The Morgan fingerprint density at radius 1 is 1.39 bits per heavy atom. The van der Waals surface area contributed by atoms with Crippen LogP contribution in [-0.4, -0.2) is 28.9 Å². The third-order valence-corrected chi connectivity index (χ3v) is 4.88. The molecule has 2 aromatic rings. The Hall–Kier alpha value is -1.82. The topological polar surface area (TPSA) is 33.2 Å². The van der Waals surface area contributed by atoms with E-state index in [4.69, 9.17) is 0 Å². The van der Waals surface area contributed by atoms with E-state index < -0.39 is 11.6 Å². The van der Waals surface area contributed by atoms with Crippen molar-refractivity contribution in [2.24, 2.45) is 5.92 Å². The summed E-state index contributed by atoms with van der Waals surface area (Å²) in [5, 5.41) is 1.76. The van der Waals surface area contributed by atoms with Crippen molar-refractivity contribution in [3.63, 3.8) is 0 Å². The van der Waals surface area contributed by atoms with Crippen LogP contribution in [0.3, 0.4) is 0 Å². The summed E-state index contributed by atoms with van der Waals surface area (Å²) in [6, 6.07) is 3.72. The van der Waals surface area contributed by atoms with Crippen molar-refractivity contribution in [2.45, 2.75) is 25.7 Å². The summed E-state index contributed by atoms with van der Waals surface area (Å²) < 4.78 is 26.6. The Kier molecular flexibility index (Phi) is 5.00. The minimum Gasteiger partial charge on any atom is -0.337 e. The molecule has 122 valence electrons. The maximum atomic E-state index is 13.7. The molecule has 0 N–H and O–H groups in total. The number of carbonyl (C=O) groups is 1. The Morgan fingerprint density at radius 3 is 3.00 bits per heavy atom. The highest BCUT2D eigenvalue weighted by Gasteiger charge is 2.25. The highest BCUT2D eigenvalue weighted by Crippen LogP contribution is 2.24. The number of benzene rings is 1. The van der Waals surface area contributed by atoms with Gasteiger partial charge in [0.05, 0.1) is 5.51 Å². The van der Waals surface area contributed by atoms with Crippen molar-refractivity contribution in [1.82, 2.24) is 9.88 Å². The van der Waals surface area contributed by atoms with E-state index in [1.807, 2.05) is 4.90 Å². The molecule has 1 fully saturated rings. The smallest absolute Gasteiger partial charge is 0.273 e. The minimum absolute atomic E-state index is 0.0242. The molecule has 1 aromatic carbocycles. The van der Waals surface area contributed by atoms with Crippen LogP contribution in [0.4, 0.5) is 8.78 Å². The van der Waals surface area contributed by atoms with Crippen LogP contribution in [-0.2, 0) is 6.42 Å². The Balaban J connectivity index is 1.57. The summed E-state index contributed by atoms with van der Waals surface area (Å²) in [7, 11) is 0. The third-order valence-electron chi connectivity index (χ3n) is 4.29. The zero-order chi connectivity index (χ0) is 16.2. The third kappa shape index (κ3) is 3.93. The number of amides is 1. The van der Waals surface area contributed by atoms with Crippen molar-refractivity contribution < 1.29 is 13.6 Å². The van der Waals surface area contributed by atoms with Crippen LogP contribution >= 0.6 is 11.3 Å². The van der Waals surface area contributed by atoms with E-state index in [-0.39, 0.29) is 5.91 Å². The second kappa shape index (κ2) is 7.17. The Bertz CT molecular complexity index is 675. The first-order valence-electron chi connectivity index (χ1n) is 7.75. The largest absolute Gasteiger partial charge is 0.337 e. The fourth-order valence-corrected chi connectivity index (χ4v) is 3.58. The lowest BCUT2D eigenvalue weighted by Crippen LogP contribution is -2.40. The SMILES string of the molecule is O=C(c1cscn1)N1CCC[C@@H](CCc2ccc(F)cc2F)C1. The molecule has 0 unspecified atom stereocenters. The molecule has 1 aliphatic rings. The molecule has 0 saturated carbocycles. The van der Waals surface area contributed by atoms with Gasteiger partial charge in [-0.1, -0.05) is 6.07 Å². The number of hydrogen-bond donors (Lipinski definition) is 0. The lowest BCUT2D eigenvalue weighted by atomic mass is 9.91. The minimum atomic E-state index is -0.552. The zero-order valence-electron chi connectivity index (χ0n) is 12.7. The predicted molar refractivity (Wildman–Crippen MR) is 85.4 cm³/mol. The van der Waals surface area contributed by atoms with E-state index in [0.29, 0.717) is 30.1 Å². The van der Waals surface area contributed by atoms with Crippen molar-refractivity contribution in [3.8, 4) is 0 Å². The van der Waals surface area contributed by atoms with Gasteiger partial charge in [-0.3, -0.25) is 4.79 Å². The normalized spacial score (nSPS) is 18.2. The number of hydrogen-bond acceptors (Lipinski definition) is 3. The molecular weight excluding hydrogens is 318 g/mol. The average molecular weight is 336 g/mol. The first kappa shape index (κ1) is 16.1. The molecule has 0 radical (unpaired) electrons. The molecular formula is C17H18F2N2OS. The number of aryl methyl sites for hydroxylation is 1. The van der Waals surface area contributed by atoms with Gasteiger partial charge >= 0.3 is 0 Å². The first-order chi connectivity index (χ1) is 11.1. The second-order valence-corrected chi connectivity index (χ2v) is 6.63. The van der Waals surface area contributed by atoms with Crippen LogP contribution in [0.5, 0.6) is 0 Å². The molecule has 0 spiro atoms. The quantitative estimate of drug-likeness (QED) is 0.848. The van der Waals surface area contributed by atoms with E-state index in [0.717, 1.165) is 31.9 Å². The molecule has 2 heterocycles. The highest BCUT2D eigenvalue weighted by molar-refractivity contribution is 7.07. The molecule has 0 aliphatic carbocycles. The van der Waals surface area contributed by atoms with Gasteiger partial charge in [0.15, 0.2) is 0 Å². The van der Waals surface area contributed by atoms with E-state index in [1.54, 1.807) is 10.9 Å². The molecule has 3 rings (SSSR count). The first-order valence-corrected chi connectivity index (χ1v) is 8.69. The van der Waals surface area contributed by atoms with E-state index in [1.165, 1.54) is 23.5 Å². The molecule has 6 heteroatoms. The van der Waals surface area contributed by atoms with Gasteiger partial charge in [-0.15, -0.1) is 11.3 Å². The number of halogens is 2. The fourth-order valence-electron chi connectivity index (χ4n) is 3.05. The lowest BCUT2D eigenvalue weighted by molar-refractivity contribution is 0.0663. The number of aromatic nitrogens is 1. The van der Waals surface area contributed by atoms with Crippen LogP contribution in [0.2, 0.25) is 0 Å². The lowest BCUT2D eigenvalue weighted by Gasteiger charge is -2.32. The van der Waals surface area contributed by atoms with Gasteiger partial charge in [-0.05, 0) is 43.2 Å². The number of carbonyl (C=O) groups excluding carboxylic acids is 1. The van der Waals surface area contributed by atoms with Crippen LogP contribution in [0.1, 0.15) is 35.3 Å². The number of likely N-dealkylation sites (tertiary alicyclic amines) is 1. The van der Waals surface area contributed by atoms with Crippen LogP contribution in [0.15, 0.2) is 29.1 Å². The van der Waals surface area contributed by atoms with Gasteiger partial charge in [0.2, 0.25) is 0 Å². The van der Waals surface area contributed by atoms with Gasteiger partial charge in [-0.25, -0.2) is 13.8 Å². The van der Waals surface area contributed by atoms with Crippen LogP contribution in [0.25, 0.3) is 0 Å². The molecule has 1 atom stereocenters.